The highest BCUT2D eigenvalue weighted by atomic mass is 15.3. The van der Waals surface area contributed by atoms with E-state index < -0.39 is 0 Å². The van der Waals surface area contributed by atoms with Gasteiger partial charge in [-0.25, -0.2) is 9.67 Å². The predicted octanol–water partition coefficient (Wildman–Crippen LogP) is 2.25. The molecule has 17 heavy (non-hydrogen) atoms. The number of hydrogen-bond donors (Lipinski definition) is 1. The van der Waals surface area contributed by atoms with Crippen molar-refractivity contribution in [2.45, 2.75) is 59.0 Å². The average Bonchev–Trinajstić information content (AvgIpc) is 2.70. The first-order valence-electron chi connectivity index (χ1n) is 6.71. The van der Waals surface area contributed by atoms with Crippen LogP contribution in [0, 0.1) is 5.92 Å². The summed E-state index contributed by atoms with van der Waals surface area (Å²) < 4.78 is 2.04. The highest BCUT2D eigenvalue weighted by Gasteiger charge is 2.12. The zero-order valence-electron chi connectivity index (χ0n) is 11.6. The average molecular weight is 238 g/mol. The standard InChI is InChI=1S/C13H26N4/c1-5-6-7-12(14-4)8-13-15-10-16-17(13)9-11(2)3/h10-12,14H,5-9H2,1-4H3. The van der Waals surface area contributed by atoms with Crippen LogP contribution in [0.2, 0.25) is 0 Å². The van der Waals surface area contributed by atoms with E-state index in [-0.39, 0.29) is 0 Å². The molecule has 0 amide bonds. The molecule has 0 aliphatic rings. The first-order chi connectivity index (χ1) is 8.17. The summed E-state index contributed by atoms with van der Waals surface area (Å²) in [5, 5.41) is 7.68. The Labute approximate surface area is 105 Å². The minimum absolute atomic E-state index is 0.519. The maximum Gasteiger partial charge on any atom is 0.138 e. The summed E-state index contributed by atoms with van der Waals surface area (Å²) in [6.07, 6.45) is 6.37. The molecule has 4 nitrogen and oxygen atoms in total. The van der Waals surface area contributed by atoms with Crippen LogP contribution in [0.4, 0.5) is 0 Å². The van der Waals surface area contributed by atoms with Gasteiger partial charge in [0, 0.05) is 19.0 Å². The highest BCUT2D eigenvalue weighted by Crippen LogP contribution is 2.08. The Morgan fingerprint density at radius 2 is 2.18 bits per heavy atom. The van der Waals surface area contributed by atoms with Crippen LogP contribution < -0.4 is 5.32 Å². The molecule has 0 bridgehead atoms. The maximum atomic E-state index is 4.38. The monoisotopic (exact) mass is 238 g/mol. The van der Waals surface area contributed by atoms with Gasteiger partial charge in [-0.3, -0.25) is 0 Å². The SMILES string of the molecule is CCCCC(Cc1ncnn1CC(C)C)NC. The zero-order chi connectivity index (χ0) is 12.7. The summed E-state index contributed by atoms with van der Waals surface area (Å²) in [5.74, 6) is 1.72. The van der Waals surface area contributed by atoms with Crippen molar-refractivity contribution in [3.8, 4) is 0 Å². The Hall–Kier alpha value is -0.900. The second-order valence-corrected chi connectivity index (χ2v) is 5.08. The van der Waals surface area contributed by atoms with E-state index in [1.165, 1.54) is 19.3 Å². The summed E-state index contributed by atoms with van der Waals surface area (Å²) in [4.78, 5) is 4.38. The summed E-state index contributed by atoms with van der Waals surface area (Å²) in [6.45, 7) is 7.60. The Morgan fingerprint density at radius 3 is 2.76 bits per heavy atom. The van der Waals surface area contributed by atoms with Crippen molar-refractivity contribution in [1.29, 1.82) is 0 Å². The van der Waals surface area contributed by atoms with E-state index in [2.05, 4.69) is 36.2 Å². The Kier molecular flexibility index (Phi) is 6.19. The van der Waals surface area contributed by atoms with Gasteiger partial charge < -0.3 is 5.32 Å². The van der Waals surface area contributed by atoms with Gasteiger partial charge in [-0.05, 0) is 19.4 Å². The summed E-state index contributed by atoms with van der Waals surface area (Å²) in [5.41, 5.74) is 0. The largest absolute Gasteiger partial charge is 0.317 e. The molecular weight excluding hydrogens is 212 g/mol. The van der Waals surface area contributed by atoms with Crippen LogP contribution in [-0.2, 0) is 13.0 Å². The van der Waals surface area contributed by atoms with Crippen LogP contribution in [0.25, 0.3) is 0 Å². The Morgan fingerprint density at radius 1 is 1.41 bits per heavy atom. The molecule has 1 unspecified atom stereocenters. The Balaban J connectivity index is 2.56. The van der Waals surface area contributed by atoms with E-state index in [1.54, 1.807) is 6.33 Å². The van der Waals surface area contributed by atoms with Gasteiger partial charge >= 0.3 is 0 Å². The molecule has 98 valence electrons. The predicted molar refractivity (Wildman–Crippen MR) is 70.9 cm³/mol. The van der Waals surface area contributed by atoms with Gasteiger partial charge in [0.05, 0.1) is 0 Å². The third-order valence-corrected chi connectivity index (χ3v) is 2.98. The van der Waals surface area contributed by atoms with Crippen LogP contribution in [0.1, 0.15) is 45.9 Å². The van der Waals surface area contributed by atoms with E-state index >= 15 is 0 Å². The highest BCUT2D eigenvalue weighted by molar-refractivity contribution is 4.89. The molecule has 4 heteroatoms. The molecule has 0 saturated carbocycles. The summed E-state index contributed by atoms with van der Waals surface area (Å²) in [6, 6.07) is 0.519. The normalized spacial score (nSPS) is 13.2. The van der Waals surface area contributed by atoms with Crippen molar-refractivity contribution in [1.82, 2.24) is 20.1 Å². The second-order valence-electron chi connectivity index (χ2n) is 5.08. The summed E-state index contributed by atoms with van der Waals surface area (Å²) >= 11 is 0. The molecule has 1 aromatic heterocycles. The lowest BCUT2D eigenvalue weighted by molar-refractivity contribution is 0.435. The molecule has 1 aromatic rings. The zero-order valence-corrected chi connectivity index (χ0v) is 11.6. The van der Waals surface area contributed by atoms with Crippen molar-refractivity contribution >= 4 is 0 Å². The molecule has 1 atom stereocenters. The molecule has 0 radical (unpaired) electrons. The Bertz CT molecular complexity index is 306. The van der Waals surface area contributed by atoms with Gasteiger partial charge in [0.15, 0.2) is 0 Å². The van der Waals surface area contributed by atoms with Crippen molar-refractivity contribution in [2.75, 3.05) is 7.05 Å². The van der Waals surface area contributed by atoms with E-state index in [0.29, 0.717) is 12.0 Å². The van der Waals surface area contributed by atoms with Crippen molar-refractivity contribution in [3.63, 3.8) is 0 Å². The molecule has 0 spiro atoms. The smallest absolute Gasteiger partial charge is 0.138 e. The molecular formula is C13H26N4. The molecule has 0 aliphatic carbocycles. The van der Waals surface area contributed by atoms with Gasteiger partial charge in [-0.2, -0.15) is 5.10 Å². The van der Waals surface area contributed by atoms with Crippen molar-refractivity contribution in [3.05, 3.63) is 12.2 Å². The van der Waals surface area contributed by atoms with Crippen molar-refractivity contribution in [2.24, 2.45) is 5.92 Å². The second kappa shape index (κ2) is 7.43. The summed E-state index contributed by atoms with van der Waals surface area (Å²) in [7, 11) is 2.03. The molecule has 1 N–H and O–H groups in total. The van der Waals surface area contributed by atoms with Crippen LogP contribution in [0.3, 0.4) is 0 Å². The first kappa shape index (κ1) is 14.2. The lowest BCUT2D eigenvalue weighted by Crippen LogP contribution is -2.29. The number of nitrogens with zero attached hydrogens (tertiary/aromatic N) is 3. The van der Waals surface area contributed by atoms with E-state index in [1.807, 2.05) is 11.7 Å². The van der Waals surface area contributed by atoms with Crippen LogP contribution in [-0.4, -0.2) is 27.9 Å². The molecule has 0 aliphatic heterocycles. The minimum Gasteiger partial charge on any atom is -0.317 e. The fourth-order valence-electron chi connectivity index (χ4n) is 1.96. The van der Waals surface area contributed by atoms with E-state index in [0.717, 1.165) is 18.8 Å². The van der Waals surface area contributed by atoms with Gasteiger partial charge in [0.25, 0.3) is 0 Å². The van der Waals surface area contributed by atoms with Gasteiger partial charge in [-0.1, -0.05) is 33.6 Å². The van der Waals surface area contributed by atoms with Crippen molar-refractivity contribution < 1.29 is 0 Å². The molecule has 0 saturated heterocycles. The quantitative estimate of drug-likeness (QED) is 0.755. The number of rotatable bonds is 8. The molecule has 0 aromatic carbocycles. The fourth-order valence-corrected chi connectivity index (χ4v) is 1.96. The van der Waals surface area contributed by atoms with E-state index in [9.17, 15) is 0 Å². The lowest BCUT2D eigenvalue weighted by atomic mass is 10.1. The first-order valence-corrected chi connectivity index (χ1v) is 6.71. The van der Waals surface area contributed by atoms with Gasteiger partial charge in [0.1, 0.15) is 12.2 Å². The molecule has 1 heterocycles. The van der Waals surface area contributed by atoms with Crippen LogP contribution >= 0.6 is 0 Å². The van der Waals surface area contributed by atoms with Crippen LogP contribution in [0.15, 0.2) is 6.33 Å². The minimum atomic E-state index is 0.519. The fraction of sp³-hybridized carbons (Fsp3) is 0.846. The number of unbranched alkanes of at least 4 members (excludes halogenated alkanes) is 1. The molecule has 0 fully saturated rings. The van der Waals surface area contributed by atoms with E-state index in [4.69, 9.17) is 0 Å². The maximum absolute atomic E-state index is 4.38. The van der Waals surface area contributed by atoms with Gasteiger partial charge in [-0.15, -0.1) is 0 Å². The van der Waals surface area contributed by atoms with Gasteiger partial charge in [0.2, 0.25) is 0 Å². The third kappa shape index (κ3) is 4.86. The lowest BCUT2D eigenvalue weighted by Gasteiger charge is -2.16. The number of hydrogen-bond acceptors (Lipinski definition) is 3. The number of nitrogens with one attached hydrogen (secondary N) is 1. The number of likely N-dealkylation sites (N-methyl/N-ethyl adjacent to an activating group) is 1. The third-order valence-electron chi connectivity index (χ3n) is 2.98. The topological polar surface area (TPSA) is 42.7 Å². The number of aromatic nitrogens is 3. The molecule has 1 rings (SSSR count). The van der Waals surface area contributed by atoms with Crippen LogP contribution in [0.5, 0.6) is 0 Å².